The van der Waals surface area contributed by atoms with Gasteiger partial charge in [-0.1, -0.05) is 12.1 Å². The second kappa shape index (κ2) is 8.69. The number of nitrogens with zero attached hydrogens (tertiary/aromatic N) is 2. The number of anilines is 2. The molecule has 28 heavy (non-hydrogen) atoms. The van der Waals surface area contributed by atoms with Crippen molar-refractivity contribution in [2.45, 2.75) is 26.8 Å². The van der Waals surface area contributed by atoms with Crippen LogP contribution in [0.3, 0.4) is 0 Å². The summed E-state index contributed by atoms with van der Waals surface area (Å²) < 4.78 is 0. The third-order valence-electron chi connectivity index (χ3n) is 5.34. The molecule has 2 aromatic rings. The van der Waals surface area contributed by atoms with Crippen LogP contribution in [-0.2, 0) is 4.79 Å². The van der Waals surface area contributed by atoms with Gasteiger partial charge in [0.25, 0.3) is 5.91 Å². The van der Waals surface area contributed by atoms with Gasteiger partial charge in [0, 0.05) is 36.3 Å². The van der Waals surface area contributed by atoms with E-state index in [0.717, 1.165) is 29.0 Å². The van der Waals surface area contributed by atoms with Crippen molar-refractivity contribution in [2.24, 2.45) is 0 Å². The molecule has 1 saturated heterocycles. The highest BCUT2D eigenvalue weighted by atomic mass is 32.2. The highest BCUT2D eigenvalue weighted by Crippen LogP contribution is 2.26. The molecule has 0 radical (unpaired) electrons. The van der Waals surface area contributed by atoms with E-state index in [-0.39, 0.29) is 11.8 Å². The van der Waals surface area contributed by atoms with Crippen molar-refractivity contribution in [3.8, 4) is 0 Å². The Hall–Kier alpha value is -2.47. The van der Waals surface area contributed by atoms with Crippen LogP contribution in [-0.4, -0.2) is 48.0 Å². The van der Waals surface area contributed by atoms with Crippen molar-refractivity contribution in [1.29, 1.82) is 0 Å². The SMILES string of the molecule is CCN(C)c1ccc(C(=O)N2CSCC2C(=O)Nc2cccc(C)c2C)cc1. The van der Waals surface area contributed by atoms with Crippen molar-refractivity contribution < 1.29 is 9.59 Å². The van der Waals surface area contributed by atoms with E-state index in [1.807, 2.05) is 63.4 Å². The summed E-state index contributed by atoms with van der Waals surface area (Å²) in [5.74, 6) is 0.908. The Morgan fingerprint density at radius 2 is 1.89 bits per heavy atom. The molecule has 3 rings (SSSR count). The number of amides is 2. The van der Waals surface area contributed by atoms with Crippen LogP contribution in [0.2, 0.25) is 0 Å². The fraction of sp³-hybridized carbons (Fsp3) is 0.364. The Morgan fingerprint density at radius 1 is 1.18 bits per heavy atom. The number of carbonyl (C=O) groups excluding carboxylic acids is 2. The third-order valence-corrected chi connectivity index (χ3v) is 6.35. The molecule has 2 amide bonds. The summed E-state index contributed by atoms with van der Waals surface area (Å²) in [5, 5.41) is 3.01. The minimum absolute atomic E-state index is 0.100. The van der Waals surface area contributed by atoms with Gasteiger partial charge < -0.3 is 15.1 Å². The lowest BCUT2D eigenvalue weighted by atomic mass is 10.1. The van der Waals surface area contributed by atoms with Gasteiger partial charge in [0.05, 0.1) is 5.88 Å². The predicted molar refractivity (Wildman–Crippen MR) is 117 cm³/mol. The molecule has 5 nitrogen and oxygen atoms in total. The van der Waals surface area contributed by atoms with Crippen LogP contribution in [0.1, 0.15) is 28.4 Å². The quantitative estimate of drug-likeness (QED) is 0.831. The largest absolute Gasteiger partial charge is 0.375 e. The van der Waals surface area contributed by atoms with E-state index >= 15 is 0 Å². The third kappa shape index (κ3) is 4.17. The first kappa shape index (κ1) is 20.3. The van der Waals surface area contributed by atoms with Gasteiger partial charge in [0.15, 0.2) is 0 Å². The first-order valence-corrected chi connectivity index (χ1v) is 10.6. The molecule has 1 heterocycles. The minimum atomic E-state index is -0.463. The first-order valence-electron chi connectivity index (χ1n) is 9.49. The highest BCUT2D eigenvalue weighted by Gasteiger charge is 2.35. The summed E-state index contributed by atoms with van der Waals surface area (Å²) in [6.45, 7) is 6.99. The van der Waals surface area contributed by atoms with E-state index in [9.17, 15) is 9.59 Å². The van der Waals surface area contributed by atoms with E-state index in [2.05, 4.69) is 17.1 Å². The van der Waals surface area contributed by atoms with Crippen LogP contribution < -0.4 is 10.2 Å². The summed E-state index contributed by atoms with van der Waals surface area (Å²) in [6.07, 6.45) is 0. The minimum Gasteiger partial charge on any atom is -0.375 e. The molecule has 0 bridgehead atoms. The van der Waals surface area contributed by atoms with Crippen molar-refractivity contribution in [3.05, 3.63) is 59.2 Å². The van der Waals surface area contributed by atoms with E-state index in [0.29, 0.717) is 17.2 Å². The molecule has 6 heteroatoms. The molecule has 2 aromatic carbocycles. The predicted octanol–water partition coefficient (Wildman–Crippen LogP) is 3.91. The molecule has 0 saturated carbocycles. The normalized spacial score (nSPS) is 16.1. The van der Waals surface area contributed by atoms with E-state index in [4.69, 9.17) is 0 Å². The summed E-state index contributed by atoms with van der Waals surface area (Å²) >= 11 is 1.61. The van der Waals surface area contributed by atoms with Crippen LogP contribution in [0.25, 0.3) is 0 Å². The zero-order chi connectivity index (χ0) is 20.3. The first-order chi connectivity index (χ1) is 13.4. The number of aryl methyl sites for hydroxylation is 1. The number of carbonyl (C=O) groups is 2. The zero-order valence-electron chi connectivity index (χ0n) is 16.9. The standard InChI is InChI=1S/C22H27N3O2S/c1-5-24(4)18-11-9-17(10-12-18)22(27)25-14-28-13-20(25)21(26)23-19-8-6-7-15(2)16(19)3/h6-12,20H,5,13-14H2,1-4H3,(H,23,26). The second-order valence-electron chi connectivity index (χ2n) is 7.09. The average molecular weight is 398 g/mol. The van der Waals surface area contributed by atoms with Gasteiger partial charge in [-0.2, -0.15) is 0 Å². The lowest BCUT2D eigenvalue weighted by Gasteiger charge is -2.24. The molecular formula is C22H27N3O2S. The molecule has 1 unspecified atom stereocenters. The van der Waals surface area contributed by atoms with Crippen LogP contribution >= 0.6 is 11.8 Å². The maximum absolute atomic E-state index is 13.0. The van der Waals surface area contributed by atoms with Crippen molar-refractivity contribution in [3.63, 3.8) is 0 Å². The smallest absolute Gasteiger partial charge is 0.255 e. The van der Waals surface area contributed by atoms with Crippen LogP contribution in [0.4, 0.5) is 11.4 Å². The summed E-state index contributed by atoms with van der Waals surface area (Å²) in [6, 6.07) is 13.0. The van der Waals surface area contributed by atoms with Gasteiger partial charge in [-0.15, -0.1) is 11.8 Å². The van der Waals surface area contributed by atoms with Crippen LogP contribution in [0.15, 0.2) is 42.5 Å². The average Bonchev–Trinajstić information content (AvgIpc) is 3.20. The fourth-order valence-electron chi connectivity index (χ4n) is 3.17. The Labute approximate surface area is 171 Å². The van der Waals surface area contributed by atoms with Gasteiger partial charge in [0.2, 0.25) is 5.91 Å². The van der Waals surface area contributed by atoms with E-state index in [1.165, 1.54) is 0 Å². The van der Waals surface area contributed by atoms with Crippen molar-refractivity contribution >= 4 is 35.0 Å². The van der Waals surface area contributed by atoms with Crippen LogP contribution in [0.5, 0.6) is 0 Å². The number of hydrogen-bond donors (Lipinski definition) is 1. The summed E-state index contributed by atoms with van der Waals surface area (Å²) in [5.41, 5.74) is 4.67. The highest BCUT2D eigenvalue weighted by molar-refractivity contribution is 7.99. The van der Waals surface area contributed by atoms with Gasteiger partial charge in [0.1, 0.15) is 6.04 Å². The molecule has 0 spiro atoms. The summed E-state index contributed by atoms with van der Waals surface area (Å²) in [7, 11) is 2.02. The lowest BCUT2D eigenvalue weighted by molar-refractivity contribution is -0.119. The number of benzene rings is 2. The molecular weight excluding hydrogens is 370 g/mol. The molecule has 148 valence electrons. The molecule has 1 N–H and O–H groups in total. The van der Waals surface area contributed by atoms with Gasteiger partial charge >= 0.3 is 0 Å². The molecule has 1 aliphatic heterocycles. The molecule has 1 atom stereocenters. The lowest BCUT2D eigenvalue weighted by Crippen LogP contribution is -2.44. The molecule has 0 aromatic heterocycles. The fourth-order valence-corrected chi connectivity index (χ4v) is 4.32. The van der Waals surface area contributed by atoms with E-state index in [1.54, 1.807) is 16.7 Å². The Kier molecular flexibility index (Phi) is 6.29. The van der Waals surface area contributed by atoms with Gasteiger partial charge in [-0.3, -0.25) is 9.59 Å². The van der Waals surface area contributed by atoms with Crippen molar-refractivity contribution in [2.75, 3.05) is 35.4 Å². The van der Waals surface area contributed by atoms with Gasteiger partial charge in [-0.05, 0) is 62.2 Å². The topological polar surface area (TPSA) is 52.7 Å². The Balaban J connectivity index is 1.73. The number of rotatable bonds is 5. The molecule has 1 aliphatic rings. The summed E-state index contributed by atoms with van der Waals surface area (Å²) in [4.78, 5) is 29.7. The van der Waals surface area contributed by atoms with Gasteiger partial charge in [-0.25, -0.2) is 0 Å². The zero-order valence-corrected chi connectivity index (χ0v) is 17.7. The molecule has 1 fully saturated rings. The second-order valence-corrected chi connectivity index (χ2v) is 8.09. The van der Waals surface area contributed by atoms with Crippen molar-refractivity contribution in [1.82, 2.24) is 4.90 Å². The Bertz CT molecular complexity index is 867. The molecule has 0 aliphatic carbocycles. The monoisotopic (exact) mass is 397 g/mol. The Morgan fingerprint density at radius 3 is 2.57 bits per heavy atom. The van der Waals surface area contributed by atoms with Crippen LogP contribution in [0, 0.1) is 13.8 Å². The van der Waals surface area contributed by atoms with E-state index < -0.39 is 6.04 Å². The maximum atomic E-state index is 13.0. The number of hydrogen-bond acceptors (Lipinski definition) is 4. The maximum Gasteiger partial charge on any atom is 0.255 e. The number of thioether (sulfide) groups is 1. The number of nitrogens with one attached hydrogen (secondary N) is 1.